The maximum absolute atomic E-state index is 11.9. The van der Waals surface area contributed by atoms with E-state index in [4.69, 9.17) is 0 Å². The molecular weight excluding hydrogens is 435 g/mol. The molecule has 2 rings (SSSR count). The molecular formula is C13H23IN4O2S2. The summed E-state index contributed by atoms with van der Waals surface area (Å²) in [5, 5.41) is 5.00. The number of nitrogens with zero attached hydrogens (tertiary/aromatic N) is 2. The van der Waals surface area contributed by atoms with Gasteiger partial charge in [0, 0.05) is 26.2 Å². The summed E-state index contributed by atoms with van der Waals surface area (Å²) in [7, 11) is -3.38. The predicted octanol–water partition coefficient (Wildman–Crippen LogP) is 1.71. The van der Waals surface area contributed by atoms with E-state index in [1.54, 1.807) is 17.5 Å². The van der Waals surface area contributed by atoms with Crippen molar-refractivity contribution in [3.8, 4) is 0 Å². The Bertz CT molecular complexity index is 555. The van der Waals surface area contributed by atoms with Crippen molar-refractivity contribution in [3.63, 3.8) is 0 Å². The third-order valence-corrected chi connectivity index (χ3v) is 6.02. The molecule has 0 saturated carbocycles. The van der Waals surface area contributed by atoms with Crippen LogP contribution in [-0.4, -0.2) is 52.0 Å². The molecule has 0 aliphatic carbocycles. The van der Waals surface area contributed by atoms with Crippen LogP contribution in [0, 0.1) is 0 Å². The van der Waals surface area contributed by atoms with E-state index in [1.807, 2.05) is 6.92 Å². The number of hydrogen-bond acceptors (Lipinski definition) is 4. The van der Waals surface area contributed by atoms with E-state index in [2.05, 4.69) is 19.9 Å². The first-order chi connectivity index (χ1) is 10.1. The number of halogens is 1. The minimum Gasteiger partial charge on any atom is -0.357 e. The largest absolute Gasteiger partial charge is 0.357 e. The van der Waals surface area contributed by atoms with Gasteiger partial charge < -0.3 is 10.2 Å². The van der Waals surface area contributed by atoms with Crippen LogP contribution in [0.2, 0.25) is 0 Å². The zero-order valence-corrected chi connectivity index (χ0v) is 16.6. The highest BCUT2D eigenvalue weighted by Gasteiger charge is 2.16. The van der Waals surface area contributed by atoms with Crippen molar-refractivity contribution in [1.82, 2.24) is 14.9 Å². The molecule has 1 fully saturated rings. The summed E-state index contributed by atoms with van der Waals surface area (Å²) in [6.45, 7) is 5.63. The summed E-state index contributed by atoms with van der Waals surface area (Å²) in [6, 6.07) is 3.33. The first-order valence-electron chi connectivity index (χ1n) is 7.20. The molecule has 1 aliphatic rings. The Labute approximate surface area is 153 Å². The topological polar surface area (TPSA) is 73.8 Å². The van der Waals surface area contributed by atoms with Crippen LogP contribution in [0.4, 0.5) is 0 Å². The summed E-state index contributed by atoms with van der Waals surface area (Å²) in [6.07, 6.45) is 2.38. The quantitative estimate of drug-likeness (QED) is 0.295. The Hall–Kier alpha value is -0.390. The number of thiophene rings is 1. The van der Waals surface area contributed by atoms with Crippen LogP contribution in [0.3, 0.4) is 0 Å². The van der Waals surface area contributed by atoms with Gasteiger partial charge in [0.2, 0.25) is 10.0 Å². The second kappa shape index (κ2) is 9.68. The Morgan fingerprint density at radius 3 is 2.73 bits per heavy atom. The molecule has 0 aromatic carbocycles. The molecule has 22 heavy (non-hydrogen) atoms. The third-order valence-electron chi connectivity index (χ3n) is 3.17. The van der Waals surface area contributed by atoms with Gasteiger partial charge in [-0.05, 0) is 31.2 Å². The van der Waals surface area contributed by atoms with E-state index in [0.717, 1.165) is 25.6 Å². The fourth-order valence-corrected chi connectivity index (χ4v) is 4.24. The van der Waals surface area contributed by atoms with Crippen molar-refractivity contribution < 1.29 is 8.42 Å². The molecule has 0 atom stereocenters. The number of rotatable bonds is 6. The van der Waals surface area contributed by atoms with Crippen LogP contribution in [0.5, 0.6) is 0 Å². The van der Waals surface area contributed by atoms with Gasteiger partial charge in [-0.1, -0.05) is 6.07 Å². The van der Waals surface area contributed by atoms with Crippen molar-refractivity contribution in [2.24, 2.45) is 4.99 Å². The normalized spacial score (nSPS) is 15.7. The van der Waals surface area contributed by atoms with Crippen LogP contribution < -0.4 is 10.0 Å². The molecule has 0 spiro atoms. The molecule has 0 amide bonds. The van der Waals surface area contributed by atoms with E-state index < -0.39 is 10.0 Å². The standard InChI is InChI=1S/C13H22N4O2S2.HI/c1-2-14-13(17-9-3-4-10-17)15-7-8-16-21(18,19)12-6-5-11-20-12;/h5-6,11,16H,2-4,7-10H2,1H3,(H,14,15);1H. The van der Waals surface area contributed by atoms with Crippen molar-refractivity contribution in [1.29, 1.82) is 0 Å². The second-order valence-electron chi connectivity index (χ2n) is 4.76. The molecule has 2 heterocycles. The molecule has 0 radical (unpaired) electrons. The smallest absolute Gasteiger partial charge is 0.250 e. The number of guanidine groups is 1. The molecule has 1 aromatic heterocycles. The number of likely N-dealkylation sites (tertiary alicyclic amines) is 1. The van der Waals surface area contributed by atoms with Gasteiger partial charge in [0.1, 0.15) is 4.21 Å². The highest BCUT2D eigenvalue weighted by atomic mass is 127. The molecule has 0 unspecified atom stereocenters. The number of nitrogens with one attached hydrogen (secondary N) is 2. The average Bonchev–Trinajstić information content (AvgIpc) is 3.14. The fraction of sp³-hybridized carbons (Fsp3) is 0.615. The maximum Gasteiger partial charge on any atom is 0.250 e. The third kappa shape index (κ3) is 5.67. The molecule has 9 heteroatoms. The van der Waals surface area contributed by atoms with Crippen molar-refractivity contribution >= 4 is 51.3 Å². The van der Waals surface area contributed by atoms with Gasteiger partial charge in [-0.3, -0.25) is 4.99 Å². The van der Waals surface area contributed by atoms with Crippen molar-refractivity contribution in [2.45, 2.75) is 24.0 Å². The first-order valence-corrected chi connectivity index (χ1v) is 9.56. The summed E-state index contributed by atoms with van der Waals surface area (Å²) in [4.78, 5) is 6.71. The zero-order valence-electron chi connectivity index (χ0n) is 12.6. The van der Waals surface area contributed by atoms with Crippen LogP contribution in [0.15, 0.2) is 26.7 Å². The van der Waals surface area contributed by atoms with E-state index in [1.165, 1.54) is 24.2 Å². The lowest BCUT2D eigenvalue weighted by Gasteiger charge is -2.20. The molecule has 2 N–H and O–H groups in total. The molecule has 1 saturated heterocycles. The fourth-order valence-electron chi connectivity index (χ4n) is 2.18. The monoisotopic (exact) mass is 458 g/mol. The Morgan fingerprint density at radius 2 is 2.14 bits per heavy atom. The van der Waals surface area contributed by atoms with Crippen molar-refractivity contribution in [3.05, 3.63) is 17.5 Å². The lowest BCUT2D eigenvalue weighted by atomic mass is 10.4. The summed E-state index contributed by atoms with van der Waals surface area (Å²) in [5.41, 5.74) is 0. The van der Waals surface area contributed by atoms with Crippen molar-refractivity contribution in [2.75, 3.05) is 32.7 Å². The lowest BCUT2D eigenvalue weighted by molar-refractivity contribution is 0.493. The highest BCUT2D eigenvalue weighted by Crippen LogP contribution is 2.14. The molecule has 126 valence electrons. The molecule has 1 aromatic rings. The van der Waals surface area contributed by atoms with Crippen LogP contribution >= 0.6 is 35.3 Å². The Morgan fingerprint density at radius 1 is 1.41 bits per heavy atom. The molecule has 6 nitrogen and oxygen atoms in total. The average molecular weight is 458 g/mol. The number of hydrogen-bond donors (Lipinski definition) is 2. The van der Waals surface area contributed by atoms with Gasteiger partial charge in [-0.25, -0.2) is 13.1 Å². The lowest BCUT2D eigenvalue weighted by Crippen LogP contribution is -2.40. The van der Waals surface area contributed by atoms with E-state index >= 15 is 0 Å². The number of sulfonamides is 1. The zero-order chi connectivity index (χ0) is 15.1. The highest BCUT2D eigenvalue weighted by molar-refractivity contribution is 14.0. The van der Waals surface area contributed by atoms with Gasteiger partial charge in [0.05, 0.1) is 6.54 Å². The van der Waals surface area contributed by atoms with Gasteiger partial charge in [0.25, 0.3) is 0 Å². The van der Waals surface area contributed by atoms with Gasteiger partial charge >= 0.3 is 0 Å². The van der Waals surface area contributed by atoms with Gasteiger partial charge in [-0.2, -0.15) is 0 Å². The maximum atomic E-state index is 11.9. The second-order valence-corrected chi connectivity index (χ2v) is 7.70. The minimum absolute atomic E-state index is 0. The van der Waals surface area contributed by atoms with E-state index in [-0.39, 0.29) is 24.0 Å². The molecule has 0 bridgehead atoms. The van der Waals surface area contributed by atoms with Crippen LogP contribution in [-0.2, 0) is 10.0 Å². The summed E-state index contributed by atoms with van der Waals surface area (Å²) in [5.74, 6) is 0.880. The number of aliphatic imine (C=N–C) groups is 1. The molecule has 1 aliphatic heterocycles. The van der Waals surface area contributed by atoms with Gasteiger partial charge in [0.15, 0.2) is 5.96 Å². The van der Waals surface area contributed by atoms with Gasteiger partial charge in [-0.15, -0.1) is 35.3 Å². The first kappa shape index (κ1) is 19.7. The summed E-state index contributed by atoms with van der Waals surface area (Å²) < 4.78 is 26.8. The van der Waals surface area contributed by atoms with E-state index in [0.29, 0.717) is 17.3 Å². The SMILES string of the molecule is CCNC(=NCCNS(=O)(=O)c1cccs1)N1CCCC1.I. The predicted molar refractivity (Wildman–Crippen MR) is 102 cm³/mol. The van der Waals surface area contributed by atoms with E-state index in [9.17, 15) is 8.42 Å². The van der Waals surface area contributed by atoms with Crippen LogP contribution in [0.1, 0.15) is 19.8 Å². The Balaban J connectivity index is 0.00000242. The minimum atomic E-state index is -3.38. The Kier molecular flexibility index (Phi) is 8.65. The van der Waals surface area contributed by atoms with Crippen LogP contribution in [0.25, 0.3) is 0 Å². The summed E-state index contributed by atoms with van der Waals surface area (Å²) >= 11 is 1.22.